The number of halogens is 1. The first-order valence-electron chi connectivity index (χ1n) is 3.49. The monoisotopic (exact) mass is 224 g/mol. The molecule has 1 aromatic rings. The van der Waals surface area contributed by atoms with Crippen molar-refractivity contribution in [2.75, 3.05) is 12.0 Å². The maximum absolute atomic E-state index is 10.8. The van der Waals surface area contributed by atoms with Crippen LogP contribution in [0, 0.1) is 0 Å². The minimum Gasteiger partial charge on any atom is -0.447 e. The summed E-state index contributed by atoms with van der Waals surface area (Å²) in [6, 6.07) is 2.89. The van der Waals surface area contributed by atoms with E-state index in [2.05, 4.69) is 0 Å². The molecule has 0 amide bonds. The van der Waals surface area contributed by atoms with E-state index >= 15 is 0 Å². The third kappa shape index (κ3) is 3.38. The molecule has 1 N–H and O–H groups in total. The largest absolute Gasteiger partial charge is 0.447 e. The second kappa shape index (κ2) is 3.69. The van der Waals surface area contributed by atoms with Crippen molar-refractivity contribution in [1.82, 2.24) is 0 Å². The van der Waals surface area contributed by atoms with Gasteiger partial charge in [-0.15, -0.1) is 0 Å². The van der Waals surface area contributed by atoms with Crippen LogP contribution in [0.5, 0.6) is 0 Å². The quantitative estimate of drug-likeness (QED) is 0.832. The van der Waals surface area contributed by atoms with Crippen LogP contribution >= 0.6 is 11.6 Å². The Bertz CT molecular complexity index is 381. The van der Waals surface area contributed by atoms with Crippen molar-refractivity contribution in [2.45, 2.75) is 6.10 Å². The minimum absolute atomic E-state index is 0.127. The van der Waals surface area contributed by atoms with Gasteiger partial charge in [0.1, 0.15) is 21.7 Å². The molecule has 6 heteroatoms. The van der Waals surface area contributed by atoms with E-state index in [-0.39, 0.29) is 16.7 Å². The molecule has 0 aliphatic heterocycles. The molecular formula is C7H9ClO4S. The molecule has 0 bridgehead atoms. The van der Waals surface area contributed by atoms with Gasteiger partial charge >= 0.3 is 0 Å². The Kier molecular flexibility index (Phi) is 3.00. The van der Waals surface area contributed by atoms with Crippen molar-refractivity contribution in [2.24, 2.45) is 0 Å². The number of sulfone groups is 1. The lowest BCUT2D eigenvalue weighted by atomic mass is 10.3. The van der Waals surface area contributed by atoms with Crippen molar-refractivity contribution in [3.63, 3.8) is 0 Å². The van der Waals surface area contributed by atoms with E-state index in [0.717, 1.165) is 6.26 Å². The first kappa shape index (κ1) is 10.6. The number of hydrogen-bond donors (Lipinski definition) is 1. The van der Waals surface area contributed by atoms with Crippen LogP contribution in [0.3, 0.4) is 0 Å². The first-order valence-corrected chi connectivity index (χ1v) is 5.93. The van der Waals surface area contributed by atoms with Crippen LogP contribution in [-0.2, 0) is 9.84 Å². The molecule has 0 radical (unpaired) electrons. The number of hydrogen-bond acceptors (Lipinski definition) is 4. The summed E-state index contributed by atoms with van der Waals surface area (Å²) >= 11 is 5.45. The number of aliphatic hydroxyl groups excluding tert-OH is 1. The number of rotatable bonds is 3. The maximum Gasteiger partial charge on any atom is 0.193 e. The summed E-state index contributed by atoms with van der Waals surface area (Å²) in [7, 11) is -3.22. The van der Waals surface area contributed by atoms with Crippen LogP contribution in [-0.4, -0.2) is 25.5 Å². The molecule has 1 atom stereocenters. The Morgan fingerprint density at radius 2 is 2.23 bits per heavy atom. The van der Waals surface area contributed by atoms with Gasteiger partial charge in [-0.25, -0.2) is 8.42 Å². The summed E-state index contributed by atoms with van der Waals surface area (Å²) in [5.74, 6) is -0.202. The SMILES string of the molecule is CS(=O)(=O)CC(O)c1ccc(Cl)o1. The summed E-state index contributed by atoms with van der Waals surface area (Å²) in [6.45, 7) is 0. The predicted molar refractivity (Wildman–Crippen MR) is 48.4 cm³/mol. The maximum atomic E-state index is 10.8. The fourth-order valence-corrected chi connectivity index (χ4v) is 1.77. The predicted octanol–water partition coefficient (Wildman–Crippen LogP) is 1.01. The highest BCUT2D eigenvalue weighted by Gasteiger charge is 2.17. The van der Waals surface area contributed by atoms with Gasteiger partial charge in [-0.3, -0.25) is 0 Å². The average Bonchev–Trinajstić information content (AvgIpc) is 2.31. The minimum atomic E-state index is -3.22. The lowest BCUT2D eigenvalue weighted by Crippen LogP contribution is -2.11. The second-order valence-electron chi connectivity index (χ2n) is 2.75. The summed E-state index contributed by atoms with van der Waals surface area (Å²) in [5.41, 5.74) is 0. The standard InChI is InChI=1S/C7H9ClO4S/c1-13(10,11)4-5(9)6-2-3-7(8)12-6/h2-3,5,9H,4H2,1H3. The number of aliphatic hydroxyl groups is 1. The number of furan rings is 1. The van der Waals surface area contributed by atoms with Crippen LogP contribution in [0.2, 0.25) is 5.22 Å². The molecule has 0 aliphatic carbocycles. The molecule has 0 aromatic carbocycles. The molecule has 4 nitrogen and oxygen atoms in total. The second-order valence-corrected chi connectivity index (χ2v) is 5.31. The van der Waals surface area contributed by atoms with E-state index < -0.39 is 15.9 Å². The Morgan fingerprint density at radius 3 is 2.62 bits per heavy atom. The van der Waals surface area contributed by atoms with Gasteiger partial charge in [-0.1, -0.05) is 0 Å². The molecular weight excluding hydrogens is 216 g/mol. The fraction of sp³-hybridized carbons (Fsp3) is 0.429. The topological polar surface area (TPSA) is 67.5 Å². The average molecular weight is 225 g/mol. The summed E-state index contributed by atoms with van der Waals surface area (Å²) < 4.78 is 26.4. The summed E-state index contributed by atoms with van der Waals surface area (Å²) in [6.07, 6.45) is -0.108. The molecule has 1 heterocycles. The van der Waals surface area contributed by atoms with Gasteiger partial charge in [0.05, 0.1) is 5.75 Å². The molecule has 74 valence electrons. The van der Waals surface area contributed by atoms with E-state index in [1.807, 2.05) is 0 Å². The van der Waals surface area contributed by atoms with Gasteiger partial charge in [-0.2, -0.15) is 0 Å². The summed E-state index contributed by atoms with van der Waals surface area (Å²) in [4.78, 5) is 0. The molecule has 0 fully saturated rings. The summed E-state index contributed by atoms with van der Waals surface area (Å²) in [5, 5.41) is 9.47. The first-order chi connectivity index (χ1) is 5.88. The van der Waals surface area contributed by atoms with E-state index in [0.29, 0.717) is 0 Å². The zero-order valence-corrected chi connectivity index (χ0v) is 8.47. The molecule has 1 rings (SSSR count). The van der Waals surface area contributed by atoms with Crippen molar-refractivity contribution < 1.29 is 17.9 Å². The lowest BCUT2D eigenvalue weighted by molar-refractivity contribution is 0.172. The molecule has 0 saturated heterocycles. The Hall–Kier alpha value is -0.520. The van der Waals surface area contributed by atoms with Gasteiger partial charge in [-0.05, 0) is 23.7 Å². The highest BCUT2D eigenvalue weighted by molar-refractivity contribution is 7.90. The van der Waals surface area contributed by atoms with Crippen LogP contribution in [0.1, 0.15) is 11.9 Å². The highest BCUT2D eigenvalue weighted by Crippen LogP contribution is 2.20. The van der Waals surface area contributed by atoms with Gasteiger partial charge < -0.3 is 9.52 Å². The van der Waals surface area contributed by atoms with Crippen molar-refractivity contribution >= 4 is 21.4 Å². The zero-order valence-electron chi connectivity index (χ0n) is 6.90. The van der Waals surface area contributed by atoms with Gasteiger partial charge in [0.25, 0.3) is 0 Å². The van der Waals surface area contributed by atoms with Crippen molar-refractivity contribution in [3.05, 3.63) is 23.1 Å². The van der Waals surface area contributed by atoms with Crippen molar-refractivity contribution in [1.29, 1.82) is 0 Å². The van der Waals surface area contributed by atoms with Crippen LogP contribution in [0.4, 0.5) is 0 Å². The van der Waals surface area contributed by atoms with E-state index in [1.165, 1.54) is 12.1 Å². The highest BCUT2D eigenvalue weighted by atomic mass is 35.5. The third-order valence-corrected chi connectivity index (χ3v) is 2.51. The van der Waals surface area contributed by atoms with Crippen LogP contribution < -0.4 is 0 Å². The van der Waals surface area contributed by atoms with Gasteiger partial charge in [0.2, 0.25) is 0 Å². The Balaban J connectivity index is 2.75. The fourth-order valence-electron chi connectivity index (χ4n) is 0.876. The van der Waals surface area contributed by atoms with Crippen molar-refractivity contribution in [3.8, 4) is 0 Å². The molecule has 1 unspecified atom stereocenters. The van der Waals surface area contributed by atoms with Crippen LogP contribution in [0.25, 0.3) is 0 Å². The Labute approximate surface area is 81.0 Å². The zero-order chi connectivity index (χ0) is 10.1. The van der Waals surface area contributed by atoms with E-state index in [9.17, 15) is 13.5 Å². The normalized spacial score (nSPS) is 14.4. The van der Waals surface area contributed by atoms with Gasteiger partial charge in [0, 0.05) is 6.26 Å². The van der Waals surface area contributed by atoms with Crippen LogP contribution in [0.15, 0.2) is 16.5 Å². The Morgan fingerprint density at radius 1 is 1.62 bits per heavy atom. The molecule has 0 spiro atoms. The van der Waals surface area contributed by atoms with E-state index in [1.54, 1.807) is 0 Å². The van der Waals surface area contributed by atoms with Gasteiger partial charge in [0.15, 0.2) is 5.22 Å². The van der Waals surface area contributed by atoms with E-state index in [4.69, 9.17) is 16.0 Å². The third-order valence-electron chi connectivity index (χ3n) is 1.38. The molecule has 13 heavy (non-hydrogen) atoms. The molecule has 0 aliphatic rings. The molecule has 1 aromatic heterocycles. The smallest absolute Gasteiger partial charge is 0.193 e. The molecule has 0 saturated carbocycles. The lowest BCUT2D eigenvalue weighted by Gasteiger charge is -2.04.